The van der Waals surface area contributed by atoms with Crippen molar-refractivity contribution in [3.63, 3.8) is 0 Å². The Kier molecular flexibility index (Phi) is 13.8. The minimum Gasteiger partial charge on any atom is -0.396 e. The van der Waals surface area contributed by atoms with Crippen molar-refractivity contribution in [2.45, 2.75) is 209 Å². The minimum atomic E-state index is -1.72. The van der Waals surface area contributed by atoms with E-state index in [-0.39, 0.29) is 41.3 Å². The summed E-state index contributed by atoms with van der Waals surface area (Å²) >= 11 is 0. The van der Waals surface area contributed by atoms with Crippen LogP contribution in [0.5, 0.6) is 0 Å². The molecule has 0 aromatic rings. The number of rotatable bonds is 11. The Bertz CT molecular complexity index is 1590. The Morgan fingerprint density at radius 2 is 1.37 bits per heavy atom. The van der Waals surface area contributed by atoms with E-state index in [1.165, 1.54) is 19.4 Å². The highest BCUT2D eigenvalue weighted by atomic mass is 16.8. The molecule has 0 aromatic heterocycles. The summed E-state index contributed by atoms with van der Waals surface area (Å²) in [6, 6.07) is 0. The lowest BCUT2D eigenvalue weighted by Gasteiger charge is -2.58. The van der Waals surface area contributed by atoms with Gasteiger partial charge in [0.05, 0.1) is 31.0 Å². The quantitative estimate of drug-likeness (QED) is 0.124. The molecule has 8 aliphatic rings. The van der Waals surface area contributed by atoms with Crippen molar-refractivity contribution in [3.05, 3.63) is 11.6 Å². The second-order valence-electron chi connectivity index (χ2n) is 21.0. The van der Waals surface area contributed by atoms with E-state index in [0.29, 0.717) is 43.4 Å². The predicted molar refractivity (Wildman–Crippen MR) is 216 cm³/mol. The predicted octanol–water partition coefficient (Wildman–Crippen LogP) is 0.196. The summed E-state index contributed by atoms with van der Waals surface area (Å²) < 4.78 is 43.1. The number of ether oxygens (including phenoxy) is 7. The molecule has 17 nitrogen and oxygen atoms in total. The van der Waals surface area contributed by atoms with Gasteiger partial charge in [0.2, 0.25) is 0 Å². The van der Waals surface area contributed by atoms with E-state index in [0.717, 1.165) is 32.1 Å². The molecule has 8 rings (SSSR count). The summed E-state index contributed by atoms with van der Waals surface area (Å²) in [7, 11) is 0. The summed E-state index contributed by atoms with van der Waals surface area (Å²) in [6.07, 6.45) is -12.4. The fourth-order valence-corrected chi connectivity index (χ4v) is 13.5. The van der Waals surface area contributed by atoms with E-state index in [1.807, 2.05) is 6.92 Å². The Morgan fingerprint density at radius 3 is 1.98 bits per heavy atom. The van der Waals surface area contributed by atoms with Crippen molar-refractivity contribution < 1.29 is 84.2 Å². The molecule has 7 fully saturated rings. The second kappa shape index (κ2) is 17.9. The Balaban J connectivity index is 0.982. The normalized spacial score (nSPS) is 55.7. The van der Waals surface area contributed by atoms with E-state index in [1.54, 1.807) is 0 Å². The third kappa shape index (κ3) is 8.07. The summed E-state index contributed by atoms with van der Waals surface area (Å²) in [5.41, 5.74) is 1.27. The molecule has 0 radical (unpaired) electrons. The Morgan fingerprint density at radius 1 is 0.742 bits per heavy atom. The van der Waals surface area contributed by atoms with Crippen LogP contribution in [-0.4, -0.2) is 174 Å². The number of fused-ring (bicyclic) bond motifs is 7. The summed E-state index contributed by atoms with van der Waals surface area (Å²) in [4.78, 5) is 0. The van der Waals surface area contributed by atoms with Crippen molar-refractivity contribution >= 4 is 0 Å². The highest BCUT2D eigenvalue weighted by Gasteiger charge is 2.68. The molecule has 356 valence electrons. The van der Waals surface area contributed by atoms with Gasteiger partial charge in [0, 0.05) is 18.9 Å². The molecular weight excluding hydrogens is 812 g/mol. The van der Waals surface area contributed by atoms with Gasteiger partial charge in [0.1, 0.15) is 61.0 Å². The monoisotopic (exact) mass is 886 g/mol. The maximum atomic E-state index is 12.0. The lowest BCUT2D eigenvalue weighted by molar-refractivity contribution is -0.388. The van der Waals surface area contributed by atoms with Gasteiger partial charge in [0.25, 0.3) is 0 Å². The summed E-state index contributed by atoms with van der Waals surface area (Å²) in [6.45, 7) is 11.4. The van der Waals surface area contributed by atoms with Gasteiger partial charge in [-0.25, -0.2) is 0 Å². The van der Waals surface area contributed by atoms with Crippen molar-refractivity contribution in [3.8, 4) is 0 Å². The van der Waals surface area contributed by atoms with E-state index in [4.69, 9.17) is 33.2 Å². The van der Waals surface area contributed by atoms with Crippen LogP contribution in [0.4, 0.5) is 0 Å². The Labute approximate surface area is 364 Å². The molecule has 10 N–H and O–H groups in total. The van der Waals surface area contributed by atoms with Gasteiger partial charge < -0.3 is 84.2 Å². The SMILES string of the molecule is C[C@H](CO)CCC1(O)OC2C[C@H]3[C@@H]4CC=C5CC(O[C@@H]6O[C@H](CO)[C@@H](O[C@H]7O[C@@H](C)[C@H](O)[C@@H](O)[C@H]7O)[C@H](O)[C@H]6O[C@H]6O[C@@H](C)[C@H](O)[C@@H](O)[C@H]6O)CC[C@]5(C)[C@H]4CC[C@]3(C)[C@@H]2[C@@H]1C. The van der Waals surface area contributed by atoms with Crippen LogP contribution >= 0.6 is 0 Å². The maximum Gasteiger partial charge on any atom is 0.187 e. The van der Waals surface area contributed by atoms with Gasteiger partial charge in [-0.2, -0.15) is 0 Å². The molecule has 4 aliphatic carbocycles. The fraction of sp³-hybridized carbons (Fsp3) is 0.956. The topological polar surface area (TPSA) is 267 Å². The zero-order valence-corrected chi connectivity index (χ0v) is 37.0. The molecule has 4 heterocycles. The van der Waals surface area contributed by atoms with Crippen LogP contribution in [0.3, 0.4) is 0 Å². The molecule has 0 bridgehead atoms. The largest absolute Gasteiger partial charge is 0.396 e. The first-order valence-corrected chi connectivity index (χ1v) is 23.3. The number of hydrogen-bond donors (Lipinski definition) is 10. The van der Waals surface area contributed by atoms with E-state index in [9.17, 15) is 51.1 Å². The van der Waals surface area contributed by atoms with Crippen LogP contribution in [0, 0.1) is 46.3 Å². The third-order valence-electron chi connectivity index (χ3n) is 17.4. The molecule has 3 saturated carbocycles. The molecular formula is C45H74O17. The molecule has 3 unspecified atom stereocenters. The van der Waals surface area contributed by atoms with E-state index >= 15 is 0 Å². The van der Waals surface area contributed by atoms with Gasteiger partial charge in [-0.05, 0) is 106 Å². The zero-order valence-electron chi connectivity index (χ0n) is 37.0. The smallest absolute Gasteiger partial charge is 0.187 e. The fourth-order valence-electron chi connectivity index (χ4n) is 13.5. The molecule has 26 atom stereocenters. The second-order valence-corrected chi connectivity index (χ2v) is 21.0. The van der Waals surface area contributed by atoms with Gasteiger partial charge in [0.15, 0.2) is 24.7 Å². The molecule has 17 heteroatoms. The van der Waals surface area contributed by atoms with Crippen molar-refractivity contribution in [1.29, 1.82) is 0 Å². The number of allylic oxidation sites excluding steroid dienone is 1. The van der Waals surface area contributed by atoms with Crippen LogP contribution < -0.4 is 0 Å². The number of aliphatic hydroxyl groups excluding tert-OH is 9. The Hall–Kier alpha value is -0.940. The average Bonchev–Trinajstić information content (AvgIpc) is 3.68. The lowest BCUT2D eigenvalue weighted by atomic mass is 9.47. The summed E-state index contributed by atoms with van der Waals surface area (Å²) in [5.74, 6) is 0.570. The highest BCUT2D eigenvalue weighted by Crippen LogP contribution is 2.70. The standard InChI is InChI=1S/C45H74O17/c1-19(17-46)9-14-45(55)20(2)30-28(62-45)16-27-25-8-7-23-15-24(10-12-43(23,5)26(25)11-13-44(27,30)6)58-42-39(61-41-36(53)34(51)32(49)22(4)57-41)37(54)38(29(18-47)59-42)60-40-35(52)33(50)31(48)21(3)56-40/h7,19-22,24-42,46-55H,8-18H2,1-6H3/t19-,20-,21-,22-,24?,25+,26-,27-,28?,29+,30+,31-,32-,33+,34+,35+,36+,37-,38+,39+,40+,41+,42+,43-,44-,45?/m0/s1. The van der Waals surface area contributed by atoms with Gasteiger partial charge in [-0.3, -0.25) is 0 Å². The first-order chi connectivity index (χ1) is 29.3. The molecule has 62 heavy (non-hydrogen) atoms. The lowest BCUT2D eigenvalue weighted by Crippen LogP contribution is -2.66. The van der Waals surface area contributed by atoms with Crippen LogP contribution in [-0.2, 0) is 33.2 Å². The van der Waals surface area contributed by atoms with Crippen molar-refractivity contribution in [1.82, 2.24) is 0 Å². The average molecular weight is 887 g/mol. The van der Waals surface area contributed by atoms with Gasteiger partial charge in [-0.15, -0.1) is 0 Å². The van der Waals surface area contributed by atoms with Crippen LogP contribution in [0.1, 0.15) is 99.3 Å². The number of aliphatic hydroxyl groups is 10. The minimum absolute atomic E-state index is 0.00392. The zero-order chi connectivity index (χ0) is 44.8. The first kappa shape index (κ1) is 47.5. The first-order valence-electron chi connectivity index (χ1n) is 23.3. The van der Waals surface area contributed by atoms with E-state index < -0.39 is 111 Å². The molecule has 4 aliphatic heterocycles. The maximum absolute atomic E-state index is 12.0. The van der Waals surface area contributed by atoms with Crippen LogP contribution in [0.25, 0.3) is 0 Å². The van der Waals surface area contributed by atoms with Gasteiger partial charge >= 0.3 is 0 Å². The molecule has 4 saturated heterocycles. The number of hydrogen-bond acceptors (Lipinski definition) is 17. The summed E-state index contributed by atoms with van der Waals surface area (Å²) in [5, 5.41) is 107. The third-order valence-corrected chi connectivity index (χ3v) is 17.4. The van der Waals surface area contributed by atoms with Crippen molar-refractivity contribution in [2.75, 3.05) is 13.2 Å². The molecule has 0 spiro atoms. The molecule has 0 amide bonds. The van der Waals surface area contributed by atoms with Crippen molar-refractivity contribution in [2.24, 2.45) is 46.3 Å². The van der Waals surface area contributed by atoms with E-state index in [2.05, 4.69) is 26.8 Å². The highest BCUT2D eigenvalue weighted by molar-refractivity contribution is 5.26. The van der Waals surface area contributed by atoms with Crippen LogP contribution in [0.15, 0.2) is 11.6 Å². The van der Waals surface area contributed by atoms with Crippen LogP contribution in [0.2, 0.25) is 0 Å². The molecule has 0 aromatic carbocycles. The van der Waals surface area contributed by atoms with Gasteiger partial charge in [-0.1, -0.05) is 39.3 Å².